The van der Waals surface area contributed by atoms with Crippen LogP contribution < -0.4 is 4.90 Å². The van der Waals surface area contributed by atoms with Gasteiger partial charge in [0.15, 0.2) is 5.13 Å². The van der Waals surface area contributed by atoms with E-state index in [0.717, 1.165) is 30.7 Å². The number of amides is 1. The quantitative estimate of drug-likeness (QED) is 0.548. The van der Waals surface area contributed by atoms with Crippen LogP contribution in [0.4, 0.5) is 5.13 Å². The standard InChI is InChI=1S/C22H21ClN2O2S/c1-15-7-9-16(10-8-15)20-14-28-22(24-20)25(13-19-6-3-11-27-19)21(26)17-4-2-5-18(23)12-17/h2,4-5,7-10,12,14,19H,3,6,11,13H2,1H3/t19-/m0/s1. The van der Waals surface area contributed by atoms with Gasteiger partial charge in [-0.1, -0.05) is 47.5 Å². The summed E-state index contributed by atoms with van der Waals surface area (Å²) in [5.74, 6) is -0.109. The molecule has 4 nitrogen and oxygen atoms in total. The molecule has 0 N–H and O–H groups in total. The number of ether oxygens (including phenoxy) is 1. The minimum absolute atomic E-state index is 0.0369. The number of rotatable bonds is 5. The summed E-state index contributed by atoms with van der Waals surface area (Å²) in [5, 5.41) is 3.21. The Morgan fingerprint density at radius 1 is 1.29 bits per heavy atom. The first kappa shape index (κ1) is 19.1. The summed E-state index contributed by atoms with van der Waals surface area (Å²) < 4.78 is 5.78. The highest BCUT2D eigenvalue weighted by atomic mass is 35.5. The minimum atomic E-state index is -0.109. The summed E-state index contributed by atoms with van der Waals surface area (Å²) >= 11 is 7.57. The van der Waals surface area contributed by atoms with Crippen molar-refractivity contribution in [2.24, 2.45) is 0 Å². The first-order chi connectivity index (χ1) is 13.6. The molecule has 28 heavy (non-hydrogen) atoms. The minimum Gasteiger partial charge on any atom is -0.376 e. The summed E-state index contributed by atoms with van der Waals surface area (Å²) in [6.07, 6.45) is 2.01. The maximum absolute atomic E-state index is 13.3. The Labute approximate surface area is 173 Å². The van der Waals surface area contributed by atoms with Gasteiger partial charge in [-0.05, 0) is 38.0 Å². The normalized spacial score (nSPS) is 16.3. The van der Waals surface area contributed by atoms with Crippen LogP contribution in [0.25, 0.3) is 11.3 Å². The molecule has 0 aliphatic carbocycles. The second-order valence-electron chi connectivity index (χ2n) is 6.94. The molecule has 0 saturated carbocycles. The van der Waals surface area contributed by atoms with Crippen molar-refractivity contribution in [2.45, 2.75) is 25.9 Å². The smallest absolute Gasteiger partial charge is 0.260 e. The molecule has 144 valence electrons. The fraction of sp³-hybridized carbons (Fsp3) is 0.273. The topological polar surface area (TPSA) is 42.4 Å². The Kier molecular flexibility index (Phi) is 5.76. The third-order valence-electron chi connectivity index (χ3n) is 4.80. The van der Waals surface area contributed by atoms with E-state index in [1.807, 2.05) is 5.38 Å². The van der Waals surface area contributed by atoms with Crippen LogP contribution in [0.15, 0.2) is 53.9 Å². The fourth-order valence-electron chi connectivity index (χ4n) is 3.26. The predicted octanol–water partition coefficient (Wildman–Crippen LogP) is 5.60. The molecule has 1 fully saturated rings. The zero-order chi connectivity index (χ0) is 19.5. The molecule has 1 aromatic heterocycles. The fourth-order valence-corrected chi connectivity index (χ4v) is 4.29. The molecular formula is C22H21ClN2O2S. The van der Waals surface area contributed by atoms with Gasteiger partial charge < -0.3 is 4.74 Å². The second kappa shape index (κ2) is 8.43. The van der Waals surface area contributed by atoms with Gasteiger partial charge in [-0.15, -0.1) is 11.3 Å². The first-order valence-electron chi connectivity index (χ1n) is 9.32. The molecule has 0 unspecified atom stereocenters. The van der Waals surface area contributed by atoms with Gasteiger partial charge in [-0.25, -0.2) is 4.98 Å². The predicted molar refractivity (Wildman–Crippen MR) is 114 cm³/mol. The molecule has 1 atom stereocenters. The van der Waals surface area contributed by atoms with Crippen LogP contribution in [-0.4, -0.2) is 30.1 Å². The van der Waals surface area contributed by atoms with Gasteiger partial charge in [0.25, 0.3) is 5.91 Å². The molecule has 0 spiro atoms. The second-order valence-corrected chi connectivity index (χ2v) is 8.22. The Bertz CT molecular complexity index is 965. The summed E-state index contributed by atoms with van der Waals surface area (Å²) in [5.41, 5.74) is 3.67. The van der Waals surface area contributed by atoms with Crippen LogP contribution in [-0.2, 0) is 4.74 Å². The summed E-state index contributed by atoms with van der Waals surface area (Å²) in [7, 11) is 0. The Morgan fingerprint density at radius 3 is 2.82 bits per heavy atom. The van der Waals surface area contributed by atoms with Crippen LogP contribution in [0.3, 0.4) is 0 Å². The summed E-state index contributed by atoms with van der Waals surface area (Å²) in [6.45, 7) is 3.30. The number of benzene rings is 2. The number of hydrogen-bond donors (Lipinski definition) is 0. The van der Waals surface area contributed by atoms with Gasteiger partial charge in [0.2, 0.25) is 0 Å². The molecule has 1 amide bonds. The first-order valence-corrected chi connectivity index (χ1v) is 10.6. The van der Waals surface area contributed by atoms with Crippen molar-refractivity contribution in [3.63, 3.8) is 0 Å². The third kappa shape index (κ3) is 4.27. The van der Waals surface area contributed by atoms with Crippen LogP contribution in [0.5, 0.6) is 0 Å². The molecule has 3 aromatic rings. The number of aromatic nitrogens is 1. The zero-order valence-corrected chi connectivity index (χ0v) is 17.2. The lowest BCUT2D eigenvalue weighted by Crippen LogP contribution is -2.37. The molecule has 0 bridgehead atoms. The van der Waals surface area contributed by atoms with E-state index in [1.54, 1.807) is 29.2 Å². The Morgan fingerprint density at radius 2 is 2.11 bits per heavy atom. The van der Waals surface area contributed by atoms with Crippen molar-refractivity contribution in [3.8, 4) is 11.3 Å². The van der Waals surface area contributed by atoms with Crippen LogP contribution >= 0.6 is 22.9 Å². The van der Waals surface area contributed by atoms with E-state index in [1.165, 1.54) is 16.9 Å². The average Bonchev–Trinajstić information content (AvgIpc) is 3.38. The summed E-state index contributed by atoms with van der Waals surface area (Å²) in [4.78, 5) is 19.7. The lowest BCUT2D eigenvalue weighted by atomic mass is 10.1. The van der Waals surface area contributed by atoms with Crippen molar-refractivity contribution < 1.29 is 9.53 Å². The number of carbonyl (C=O) groups is 1. The van der Waals surface area contributed by atoms with E-state index in [2.05, 4.69) is 31.2 Å². The molecule has 2 aromatic carbocycles. The van der Waals surface area contributed by atoms with Crippen molar-refractivity contribution >= 4 is 34.0 Å². The van der Waals surface area contributed by atoms with Crippen molar-refractivity contribution in [2.75, 3.05) is 18.1 Å². The van der Waals surface area contributed by atoms with E-state index in [0.29, 0.717) is 22.3 Å². The highest BCUT2D eigenvalue weighted by Crippen LogP contribution is 2.30. The van der Waals surface area contributed by atoms with Crippen molar-refractivity contribution in [3.05, 3.63) is 70.1 Å². The molecule has 2 heterocycles. The van der Waals surface area contributed by atoms with E-state index >= 15 is 0 Å². The van der Waals surface area contributed by atoms with E-state index < -0.39 is 0 Å². The molecule has 1 aliphatic rings. The zero-order valence-electron chi connectivity index (χ0n) is 15.6. The van der Waals surface area contributed by atoms with Gasteiger partial charge in [0.1, 0.15) is 0 Å². The van der Waals surface area contributed by atoms with Crippen molar-refractivity contribution in [1.82, 2.24) is 4.98 Å². The summed E-state index contributed by atoms with van der Waals surface area (Å²) in [6, 6.07) is 15.3. The molecule has 0 radical (unpaired) electrons. The van der Waals surface area contributed by atoms with Crippen LogP contribution in [0.2, 0.25) is 5.02 Å². The van der Waals surface area contributed by atoms with Gasteiger partial charge in [-0.3, -0.25) is 9.69 Å². The maximum Gasteiger partial charge on any atom is 0.260 e. The maximum atomic E-state index is 13.3. The van der Waals surface area contributed by atoms with Gasteiger partial charge >= 0.3 is 0 Å². The van der Waals surface area contributed by atoms with Gasteiger partial charge in [0, 0.05) is 28.1 Å². The number of anilines is 1. The monoisotopic (exact) mass is 412 g/mol. The highest BCUT2D eigenvalue weighted by Gasteiger charge is 2.27. The Hall–Kier alpha value is -2.21. The number of thiazole rings is 1. The van der Waals surface area contributed by atoms with E-state index in [-0.39, 0.29) is 12.0 Å². The number of nitrogens with zero attached hydrogens (tertiary/aromatic N) is 2. The molecular weight excluding hydrogens is 392 g/mol. The molecule has 6 heteroatoms. The number of carbonyl (C=O) groups excluding carboxylic acids is 1. The molecule has 4 rings (SSSR count). The number of hydrogen-bond acceptors (Lipinski definition) is 4. The molecule has 1 aliphatic heterocycles. The average molecular weight is 413 g/mol. The number of halogens is 1. The van der Waals surface area contributed by atoms with Gasteiger partial charge in [-0.2, -0.15) is 0 Å². The highest BCUT2D eigenvalue weighted by molar-refractivity contribution is 7.14. The van der Waals surface area contributed by atoms with Crippen molar-refractivity contribution in [1.29, 1.82) is 0 Å². The SMILES string of the molecule is Cc1ccc(-c2csc(N(C[C@@H]3CCCO3)C(=O)c3cccc(Cl)c3)n2)cc1. The van der Waals surface area contributed by atoms with E-state index in [9.17, 15) is 4.79 Å². The van der Waals surface area contributed by atoms with Crippen LogP contribution in [0, 0.1) is 6.92 Å². The third-order valence-corrected chi connectivity index (χ3v) is 5.90. The van der Waals surface area contributed by atoms with E-state index in [4.69, 9.17) is 21.3 Å². The molecule has 1 saturated heterocycles. The lowest BCUT2D eigenvalue weighted by Gasteiger charge is -2.23. The number of aryl methyl sites for hydroxylation is 1. The largest absolute Gasteiger partial charge is 0.376 e. The van der Waals surface area contributed by atoms with Crippen LogP contribution in [0.1, 0.15) is 28.8 Å². The lowest BCUT2D eigenvalue weighted by molar-refractivity contribution is 0.0917. The Balaban J connectivity index is 1.65. The van der Waals surface area contributed by atoms with Gasteiger partial charge in [0.05, 0.1) is 18.3 Å².